The normalized spacial score (nSPS) is 31.3. The van der Waals surface area contributed by atoms with Gasteiger partial charge in [0, 0.05) is 18.8 Å². The van der Waals surface area contributed by atoms with Crippen molar-refractivity contribution in [2.24, 2.45) is 4.99 Å². The van der Waals surface area contributed by atoms with Gasteiger partial charge >= 0.3 is 5.97 Å². The Morgan fingerprint density at radius 3 is 3.07 bits per heavy atom. The number of hydrogen-bond acceptors (Lipinski definition) is 4. The van der Waals surface area contributed by atoms with Crippen LogP contribution in [0.3, 0.4) is 0 Å². The van der Waals surface area contributed by atoms with E-state index < -0.39 is 12.0 Å². The third kappa shape index (κ3) is 2.95. The topological polar surface area (TPSA) is 58.9 Å². The minimum Gasteiger partial charge on any atom is -0.480 e. The Bertz CT molecular complexity index is 274. The minimum atomic E-state index is -0.818. The first-order chi connectivity index (χ1) is 7.25. The Labute approximate surface area is 93.1 Å². The van der Waals surface area contributed by atoms with Gasteiger partial charge in [0.05, 0.1) is 11.1 Å². The maximum Gasteiger partial charge on any atom is 0.329 e. The van der Waals surface area contributed by atoms with Gasteiger partial charge in [-0.15, -0.1) is 11.8 Å². The Balaban J connectivity index is 1.84. The molecule has 1 fully saturated rings. The average Bonchev–Trinajstić information content (AvgIpc) is 2.68. The van der Waals surface area contributed by atoms with Crippen LogP contribution in [-0.2, 0) is 9.53 Å². The van der Waals surface area contributed by atoms with Crippen LogP contribution in [0.5, 0.6) is 0 Å². The van der Waals surface area contributed by atoms with Gasteiger partial charge in [-0.05, 0) is 19.3 Å². The van der Waals surface area contributed by atoms with E-state index in [-0.39, 0.29) is 6.10 Å². The highest BCUT2D eigenvalue weighted by molar-refractivity contribution is 8.14. The van der Waals surface area contributed by atoms with Crippen LogP contribution in [0.4, 0.5) is 0 Å². The van der Waals surface area contributed by atoms with E-state index in [9.17, 15) is 4.79 Å². The lowest BCUT2D eigenvalue weighted by Gasteiger charge is -2.22. The van der Waals surface area contributed by atoms with Crippen molar-refractivity contribution in [2.75, 3.05) is 12.4 Å². The lowest BCUT2D eigenvalue weighted by atomic mass is 10.1. The molecule has 2 aliphatic heterocycles. The van der Waals surface area contributed by atoms with Gasteiger partial charge in [0.15, 0.2) is 6.04 Å². The molecule has 4 nitrogen and oxygen atoms in total. The van der Waals surface area contributed by atoms with Gasteiger partial charge in [0.25, 0.3) is 0 Å². The van der Waals surface area contributed by atoms with Crippen LogP contribution >= 0.6 is 11.8 Å². The van der Waals surface area contributed by atoms with Crippen molar-refractivity contribution in [3.63, 3.8) is 0 Å². The standard InChI is InChI=1S/C10H15NO3S/c12-10(13)8-6-15-9(11-8)5-7-3-1-2-4-14-7/h7-8H,1-6H2,(H,12,13). The SMILES string of the molecule is O=C(O)C1CSC(CC2CCCCO2)=N1. The summed E-state index contributed by atoms with van der Waals surface area (Å²) >= 11 is 1.56. The van der Waals surface area contributed by atoms with E-state index in [0.717, 1.165) is 30.9 Å². The molecule has 0 saturated carbocycles. The molecule has 0 bridgehead atoms. The summed E-state index contributed by atoms with van der Waals surface area (Å²) in [7, 11) is 0. The van der Waals surface area contributed by atoms with Gasteiger partial charge in [0.2, 0.25) is 0 Å². The Morgan fingerprint density at radius 2 is 2.47 bits per heavy atom. The fourth-order valence-electron chi connectivity index (χ4n) is 1.82. The molecule has 0 aromatic carbocycles. The van der Waals surface area contributed by atoms with E-state index in [1.165, 1.54) is 6.42 Å². The fourth-order valence-corrected chi connectivity index (χ4v) is 2.90. The summed E-state index contributed by atoms with van der Waals surface area (Å²) in [5.41, 5.74) is 0. The molecule has 0 aliphatic carbocycles. The molecule has 5 heteroatoms. The van der Waals surface area contributed by atoms with Gasteiger partial charge < -0.3 is 9.84 Å². The van der Waals surface area contributed by atoms with E-state index in [4.69, 9.17) is 9.84 Å². The van der Waals surface area contributed by atoms with Crippen LogP contribution in [0, 0.1) is 0 Å². The summed E-state index contributed by atoms with van der Waals surface area (Å²) in [4.78, 5) is 14.9. The summed E-state index contributed by atoms with van der Waals surface area (Å²) in [5.74, 6) is -0.237. The van der Waals surface area contributed by atoms with Gasteiger partial charge in [0.1, 0.15) is 0 Å². The molecule has 0 aromatic rings. The molecule has 1 N–H and O–H groups in total. The molecular weight excluding hydrogens is 214 g/mol. The number of nitrogens with zero attached hydrogens (tertiary/aromatic N) is 1. The van der Waals surface area contributed by atoms with Crippen LogP contribution in [0.15, 0.2) is 4.99 Å². The maximum absolute atomic E-state index is 10.7. The summed E-state index contributed by atoms with van der Waals surface area (Å²) in [6.07, 6.45) is 4.50. The van der Waals surface area contributed by atoms with Crippen LogP contribution in [0.1, 0.15) is 25.7 Å². The average molecular weight is 229 g/mol. The van der Waals surface area contributed by atoms with Crippen LogP contribution in [0.2, 0.25) is 0 Å². The lowest BCUT2D eigenvalue weighted by Crippen LogP contribution is -2.21. The molecular formula is C10H15NO3S. The molecule has 1 saturated heterocycles. The van der Waals surface area contributed by atoms with Crippen molar-refractivity contribution in [3.05, 3.63) is 0 Å². The number of hydrogen-bond donors (Lipinski definition) is 1. The van der Waals surface area contributed by atoms with Gasteiger partial charge in [-0.2, -0.15) is 0 Å². The number of ether oxygens (including phenoxy) is 1. The number of carboxylic acids is 1. The Morgan fingerprint density at radius 1 is 1.60 bits per heavy atom. The van der Waals surface area contributed by atoms with E-state index in [1.807, 2.05) is 0 Å². The summed E-state index contributed by atoms with van der Waals surface area (Å²) in [5, 5.41) is 9.74. The Kier molecular flexibility index (Phi) is 3.64. The maximum atomic E-state index is 10.7. The first-order valence-electron chi connectivity index (χ1n) is 5.29. The fraction of sp³-hybridized carbons (Fsp3) is 0.800. The van der Waals surface area contributed by atoms with E-state index >= 15 is 0 Å². The number of carboxylic acid groups (broad SMARTS) is 1. The zero-order chi connectivity index (χ0) is 10.7. The monoisotopic (exact) mass is 229 g/mol. The zero-order valence-corrected chi connectivity index (χ0v) is 9.33. The van der Waals surface area contributed by atoms with Gasteiger partial charge in [-0.1, -0.05) is 0 Å². The quantitative estimate of drug-likeness (QED) is 0.797. The van der Waals surface area contributed by atoms with E-state index in [0.29, 0.717) is 5.75 Å². The number of carbonyl (C=O) groups is 1. The van der Waals surface area contributed by atoms with Crippen LogP contribution in [0.25, 0.3) is 0 Å². The second-order valence-corrected chi connectivity index (χ2v) is 4.97. The highest BCUT2D eigenvalue weighted by Crippen LogP contribution is 2.25. The Hall–Kier alpha value is -0.550. The highest BCUT2D eigenvalue weighted by Gasteiger charge is 2.26. The molecule has 84 valence electrons. The van der Waals surface area contributed by atoms with Gasteiger partial charge in [-0.3, -0.25) is 4.99 Å². The summed E-state index contributed by atoms with van der Waals surface area (Å²) < 4.78 is 5.59. The number of aliphatic imine (C=N–C) groups is 1. The van der Waals surface area contributed by atoms with E-state index in [2.05, 4.69) is 4.99 Å². The molecule has 15 heavy (non-hydrogen) atoms. The molecule has 2 aliphatic rings. The molecule has 0 radical (unpaired) electrons. The third-order valence-electron chi connectivity index (χ3n) is 2.67. The second kappa shape index (κ2) is 4.99. The highest BCUT2D eigenvalue weighted by atomic mass is 32.2. The smallest absolute Gasteiger partial charge is 0.329 e. The number of rotatable bonds is 3. The molecule has 2 rings (SSSR count). The lowest BCUT2D eigenvalue weighted by molar-refractivity contribution is -0.137. The van der Waals surface area contributed by atoms with Crippen molar-refractivity contribution >= 4 is 22.8 Å². The predicted octanol–water partition coefficient (Wildman–Crippen LogP) is 1.54. The van der Waals surface area contributed by atoms with Crippen molar-refractivity contribution in [1.29, 1.82) is 0 Å². The first-order valence-corrected chi connectivity index (χ1v) is 6.28. The predicted molar refractivity (Wildman–Crippen MR) is 59.5 cm³/mol. The molecule has 0 amide bonds. The zero-order valence-electron chi connectivity index (χ0n) is 8.52. The van der Waals surface area contributed by atoms with E-state index in [1.54, 1.807) is 11.8 Å². The molecule has 0 aromatic heterocycles. The largest absolute Gasteiger partial charge is 0.480 e. The van der Waals surface area contributed by atoms with Crippen molar-refractivity contribution < 1.29 is 14.6 Å². The molecule has 2 atom stereocenters. The third-order valence-corrected chi connectivity index (χ3v) is 3.76. The number of aliphatic carboxylic acids is 1. The molecule has 2 heterocycles. The van der Waals surface area contributed by atoms with Crippen molar-refractivity contribution in [3.8, 4) is 0 Å². The summed E-state index contributed by atoms with van der Waals surface area (Å²) in [6, 6.07) is -0.534. The minimum absolute atomic E-state index is 0.262. The summed E-state index contributed by atoms with van der Waals surface area (Å²) in [6.45, 7) is 0.838. The van der Waals surface area contributed by atoms with Crippen molar-refractivity contribution in [1.82, 2.24) is 0 Å². The second-order valence-electron chi connectivity index (χ2n) is 3.88. The van der Waals surface area contributed by atoms with Crippen LogP contribution < -0.4 is 0 Å². The molecule has 0 spiro atoms. The molecule has 2 unspecified atom stereocenters. The van der Waals surface area contributed by atoms with Crippen molar-refractivity contribution in [2.45, 2.75) is 37.8 Å². The number of thioether (sulfide) groups is 1. The van der Waals surface area contributed by atoms with Gasteiger partial charge in [-0.25, -0.2) is 4.79 Å². The first kappa shape index (κ1) is 11.0. The van der Waals surface area contributed by atoms with Crippen LogP contribution in [-0.4, -0.2) is 40.6 Å².